The molecule has 0 aliphatic rings. The zero-order valence-corrected chi connectivity index (χ0v) is 8.99. The highest BCUT2D eigenvalue weighted by molar-refractivity contribution is 5.64. The van der Waals surface area contributed by atoms with Gasteiger partial charge < -0.3 is 9.59 Å². The van der Waals surface area contributed by atoms with E-state index in [1.165, 1.54) is 0 Å². The van der Waals surface area contributed by atoms with E-state index in [0.29, 0.717) is 0 Å². The van der Waals surface area contributed by atoms with Crippen LogP contribution in [0.5, 0.6) is 0 Å². The van der Waals surface area contributed by atoms with Crippen LogP contribution in [0.3, 0.4) is 0 Å². The quantitative estimate of drug-likeness (QED) is 0.738. The molecule has 1 rings (SSSR count). The van der Waals surface area contributed by atoms with E-state index in [1.54, 1.807) is 0 Å². The number of benzene rings is 1. The summed E-state index contributed by atoms with van der Waals surface area (Å²) in [4.78, 5) is 21.1. The lowest BCUT2D eigenvalue weighted by atomic mass is 10.00. The lowest BCUT2D eigenvalue weighted by Crippen LogP contribution is -2.24. The number of carbonyl (C=O) groups is 2. The number of hydrogen-bond acceptors (Lipinski definition) is 3. The van der Waals surface area contributed by atoms with Crippen LogP contribution in [-0.4, -0.2) is 19.1 Å². The molecule has 1 N–H and O–H groups in total. The highest BCUT2D eigenvalue weighted by Gasteiger charge is 2.11. The molecule has 1 atom stereocenters. The number of rotatable bonds is 5. The van der Waals surface area contributed by atoms with E-state index >= 15 is 0 Å². The van der Waals surface area contributed by atoms with Gasteiger partial charge in [-0.2, -0.15) is 0 Å². The van der Waals surface area contributed by atoms with Gasteiger partial charge in [0.2, 0.25) is 0 Å². The average molecular weight is 205 g/mol. The van der Waals surface area contributed by atoms with Crippen LogP contribution >= 0.6 is 0 Å². The average Bonchev–Trinajstić information content (AvgIpc) is 2.21. The van der Waals surface area contributed by atoms with Crippen LogP contribution < -0.4 is 5.32 Å². The SMILES string of the molecule is Cc1ccc(C(C=O)NCC=O)c(C)c1. The summed E-state index contributed by atoms with van der Waals surface area (Å²) in [5.41, 5.74) is 3.15. The third-order valence-corrected chi connectivity index (χ3v) is 2.32. The summed E-state index contributed by atoms with van der Waals surface area (Å²) in [6, 6.07) is 5.51. The molecule has 0 saturated carbocycles. The third kappa shape index (κ3) is 2.99. The fraction of sp³-hybridized carbons (Fsp3) is 0.333. The second-order valence-electron chi connectivity index (χ2n) is 3.55. The van der Waals surface area contributed by atoms with E-state index in [9.17, 15) is 9.59 Å². The molecule has 0 radical (unpaired) electrons. The molecule has 0 saturated heterocycles. The van der Waals surface area contributed by atoms with Gasteiger partial charge in [0.1, 0.15) is 12.6 Å². The second kappa shape index (κ2) is 5.41. The van der Waals surface area contributed by atoms with Crippen LogP contribution in [0.25, 0.3) is 0 Å². The van der Waals surface area contributed by atoms with Gasteiger partial charge in [-0.25, -0.2) is 0 Å². The molecule has 0 fully saturated rings. The van der Waals surface area contributed by atoms with Gasteiger partial charge in [0, 0.05) is 0 Å². The number of carbonyl (C=O) groups excluding carboxylic acids is 2. The largest absolute Gasteiger partial charge is 0.302 e. The minimum atomic E-state index is -0.393. The van der Waals surface area contributed by atoms with Crippen molar-refractivity contribution in [3.63, 3.8) is 0 Å². The Morgan fingerprint density at radius 2 is 2.07 bits per heavy atom. The maximum Gasteiger partial charge on any atom is 0.141 e. The normalized spacial score (nSPS) is 12.1. The van der Waals surface area contributed by atoms with Crippen molar-refractivity contribution in [2.45, 2.75) is 19.9 Å². The van der Waals surface area contributed by atoms with Crippen LogP contribution in [0.1, 0.15) is 22.7 Å². The third-order valence-electron chi connectivity index (χ3n) is 2.32. The first kappa shape index (κ1) is 11.6. The highest BCUT2D eigenvalue weighted by atomic mass is 16.1. The van der Waals surface area contributed by atoms with Gasteiger partial charge >= 0.3 is 0 Å². The fourth-order valence-corrected chi connectivity index (χ4v) is 1.58. The molecule has 1 unspecified atom stereocenters. The predicted molar refractivity (Wildman–Crippen MR) is 58.8 cm³/mol. The van der Waals surface area contributed by atoms with Crippen molar-refractivity contribution < 1.29 is 9.59 Å². The molecule has 80 valence electrons. The Morgan fingerprint density at radius 1 is 1.33 bits per heavy atom. The summed E-state index contributed by atoms with van der Waals surface area (Å²) in [7, 11) is 0. The van der Waals surface area contributed by atoms with Crippen LogP contribution in [0.15, 0.2) is 18.2 Å². The van der Waals surface area contributed by atoms with E-state index < -0.39 is 6.04 Å². The molecule has 0 aliphatic carbocycles. The van der Waals surface area contributed by atoms with Crippen LogP contribution in [0, 0.1) is 13.8 Å². The number of hydrogen-bond donors (Lipinski definition) is 1. The first-order chi connectivity index (χ1) is 7.19. The molecule has 0 amide bonds. The summed E-state index contributed by atoms with van der Waals surface area (Å²) in [5, 5.41) is 2.86. The maximum atomic E-state index is 10.9. The lowest BCUT2D eigenvalue weighted by molar-refractivity contribution is -0.110. The molecule has 3 nitrogen and oxygen atoms in total. The Kier molecular flexibility index (Phi) is 4.18. The Hall–Kier alpha value is -1.48. The molecular weight excluding hydrogens is 190 g/mol. The minimum Gasteiger partial charge on any atom is -0.302 e. The number of aryl methyl sites for hydroxylation is 2. The van der Waals surface area contributed by atoms with E-state index in [4.69, 9.17) is 0 Å². The molecule has 3 heteroatoms. The zero-order chi connectivity index (χ0) is 11.3. The molecule has 0 aliphatic heterocycles. The Labute approximate surface area is 89.5 Å². The molecule has 0 spiro atoms. The van der Waals surface area contributed by atoms with Crippen LogP contribution in [-0.2, 0) is 9.59 Å². The van der Waals surface area contributed by atoms with E-state index in [2.05, 4.69) is 5.32 Å². The van der Waals surface area contributed by atoms with E-state index in [-0.39, 0.29) is 6.54 Å². The van der Waals surface area contributed by atoms with Gasteiger partial charge in [-0.05, 0) is 25.0 Å². The predicted octanol–water partition coefficient (Wildman–Crippen LogP) is 1.33. The summed E-state index contributed by atoms with van der Waals surface area (Å²) < 4.78 is 0. The summed E-state index contributed by atoms with van der Waals surface area (Å²) in [6.45, 7) is 4.16. The molecule has 0 bridgehead atoms. The van der Waals surface area contributed by atoms with Crippen molar-refractivity contribution >= 4 is 12.6 Å². The standard InChI is InChI=1S/C12H15NO2/c1-9-3-4-11(10(2)7-9)12(8-15)13-5-6-14/h3-4,6-8,12-13H,5H2,1-2H3. The van der Waals surface area contributed by atoms with Crippen LogP contribution in [0.4, 0.5) is 0 Å². The number of aldehydes is 2. The van der Waals surface area contributed by atoms with E-state index in [0.717, 1.165) is 29.3 Å². The summed E-state index contributed by atoms with van der Waals surface area (Å²) in [6.07, 6.45) is 1.57. The van der Waals surface area contributed by atoms with Crippen molar-refractivity contribution in [2.24, 2.45) is 0 Å². The minimum absolute atomic E-state index is 0.191. The smallest absolute Gasteiger partial charge is 0.141 e. The van der Waals surface area contributed by atoms with Crippen molar-refractivity contribution in [1.29, 1.82) is 0 Å². The van der Waals surface area contributed by atoms with Crippen LogP contribution in [0.2, 0.25) is 0 Å². The van der Waals surface area contributed by atoms with E-state index in [1.807, 2.05) is 32.0 Å². The van der Waals surface area contributed by atoms with Gasteiger partial charge in [-0.1, -0.05) is 23.8 Å². The molecule has 0 aromatic heterocycles. The lowest BCUT2D eigenvalue weighted by Gasteiger charge is -2.14. The highest BCUT2D eigenvalue weighted by Crippen LogP contribution is 2.17. The fourth-order valence-electron chi connectivity index (χ4n) is 1.58. The second-order valence-corrected chi connectivity index (χ2v) is 3.55. The Balaban J connectivity index is 2.91. The maximum absolute atomic E-state index is 10.9. The van der Waals surface area contributed by atoms with Crippen molar-refractivity contribution in [3.8, 4) is 0 Å². The van der Waals surface area contributed by atoms with Gasteiger partial charge in [-0.3, -0.25) is 5.32 Å². The van der Waals surface area contributed by atoms with Gasteiger partial charge in [-0.15, -0.1) is 0 Å². The van der Waals surface area contributed by atoms with Gasteiger partial charge in [0.25, 0.3) is 0 Å². The Morgan fingerprint density at radius 3 is 2.60 bits per heavy atom. The summed E-state index contributed by atoms with van der Waals surface area (Å²) in [5.74, 6) is 0. The Bertz CT molecular complexity index is 361. The monoisotopic (exact) mass is 205 g/mol. The number of nitrogens with one attached hydrogen (secondary N) is 1. The van der Waals surface area contributed by atoms with Gasteiger partial charge in [0.05, 0.1) is 12.6 Å². The van der Waals surface area contributed by atoms with Crippen molar-refractivity contribution in [2.75, 3.05) is 6.54 Å². The van der Waals surface area contributed by atoms with Gasteiger partial charge in [0.15, 0.2) is 0 Å². The topological polar surface area (TPSA) is 46.2 Å². The molecular formula is C12H15NO2. The van der Waals surface area contributed by atoms with Crippen molar-refractivity contribution in [1.82, 2.24) is 5.32 Å². The van der Waals surface area contributed by atoms with Crippen molar-refractivity contribution in [3.05, 3.63) is 34.9 Å². The molecule has 1 aromatic carbocycles. The molecule has 15 heavy (non-hydrogen) atoms. The molecule has 1 aromatic rings. The first-order valence-corrected chi connectivity index (χ1v) is 4.88. The zero-order valence-electron chi connectivity index (χ0n) is 8.99. The first-order valence-electron chi connectivity index (χ1n) is 4.88. The molecule has 0 heterocycles. The summed E-state index contributed by atoms with van der Waals surface area (Å²) >= 11 is 0.